The Morgan fingerprint density at radius 1 is 1.44 bits per heavy atom. The van der Waals surface area contributed by atoms with E-state index in [0.717, 1.165) is 57.2 Å². The number of aliphatic hydroxyl groups is 1. The topological polar surface area (TPSA) is 78.6 Å². The van der Waals surface area contributed by atoms with Crippen molar-refractivity contribution in [3.05, 3.63) is 34.5 Å². The third-order valence-electron chi connectivity index (χ3n) is 4.38. The smallest absolute Gasteiger partial charge is 0.194 e. The Bertz CT molecular complexity index is 660. The van der Waals surface area contributed by atoms with E-state index in [1.165, 1.54) is 4.88 Å². The normalized spacial score (nSPS) is 16.4. The van der Waals surface area contributed by atoms with Crippen LogP contribution in [0.1, 0.15) is 30.5 Å². The molecule has 2 N–H and O–H groups in total. The molecule has 8 heteroatoms. The number of likely N-dealkylation sites (tertiary alicyclic amines) is 1. The molecule has 3 rings (SSSR count). The number of aromatic nitrogens is 3. The first kappa shape index (κ1) is 17.9. The summed E-state index contributed by atoms with van der Waals surface area (Å²) in [5.41, 5.74) is 0. The van der Waals surface area contributed by atoms with Crippen molar-refractivity contribution >= 4 is 17.3 Å². The minimum Gasteiger partial charge on any atom is -0.393 e. The first-order chi connectivity index (χ1) is 12.3. The third kappa shape index (κ3) is 5.02. The van der Waals surface area contributed by atoms with Gasteiger partial charge in [-0.15, -0.1) is 21.5 Å². The standard InChI is InChI=1S/C17H26N6OS/c1-2-16-21-20-13-23(16)10-7-18-17(19-12-15-4-3-11-25-15)22-8-5-14(24)6-9-22/h3-4,11,13-14,24H,2,5-10,12H2,1H3,(H,18,19). The summed E-state index contributed by atoms with van der Waals surface area (Å²) < 4.78 is 2.07. The first-order valence-electron chi connectivity index (χ1n) is 8.86. The Labute approximate surface area is 152 Å². The van der Waals surface area contributed by atoms with Crippen molar-refractivity contribution in [2.45, 2.75) is 45.4 Å². The maximum absolute atomic E-state index is 9.75. The summed E-state index contributed by atoms with van der Waals surface area (Å²) in [7, 11) is 0. The highest BCUT2D eigenvalue weighted by Crippen LogP contribution is 2.13. The van der Waals surface area contributed by atoms with Crippen molar-refractivity contribution in [3.8, 4) is 0 Å². The average Bonchev–Trinajstić information content (AvgIpc) is 3.30. The Balaban J connectivity index is 1.60. The number of piperidine rings is 1. The zero-order valence-corrected chi connectivity index (χ0v) is 15.5. The number of guanidine groups is 1. The van der Waals surface area contributed by atoms with Gasteiger partial charge in [0.15, 0.2) is 5.96 Å². The Morgan fingerprint density at radius 2 is 2.28 bits per heavy atom. The molecule has 0 saturated carbocycles. The molecule has 0 radical (unpaired) electrons. The molecule has 7 nitrogen and oxygen atoms in total. The van der Waals surface area contributed by atoms with Crippen LogP contribution in [0.2, 0.25) is 0 Å². The number of aliphatic hydroxyl groups excluding tert-OH is 1. The number of thiophene rings is 1. The molecule has 1 saturated heterocycles. The van der Waals surface area contributed by atoms with Gasteiger partial charge < -0.3 is 19.9 Å². The molecular formula is C17H26N6OS. The summed E-state index contributed by atoms with van der Waals surface area (Å²) in [5, 5.41) is 23.4. The van der Waals surface area contributed by atoms with Gasteiger partial charge in [-0.2, -0.15) is 0 Å². The molecular weight excluding hydrogens is 336 g/mol. The van der Waals surface area contributed by atoms with Gasteiger partial charge in [-0.3, -0.25) is 0 Å². The number of nitrogens with one attached hydrogen (secondary N) is 1. The van der Waals surface area contributed by atoms with Crippen LogP contribution in [0.25, 0.3) is 0 Å². The van der Waals surface area contributed by atoms with Crippen molar-refractivity contribution in [2.75, 3.05) is 19.6 Å². The molecule has 136 valence electrons. The van der Waals surface area contributed by atoms with E-state index < -0.39 is 0 Å². The Morgan fingerprint density at radius 3 is 3.00 bits per heavy atom. The number of rotatable bonds is 6. The van der Waals surface area contributed by atoms with E-state index >= 15 is 0 Å². The largest absolute Gasteiger partial charge is 0.393 e. The summed E-state index contributed by atoms with van der Waals surface area (Å²) in [6.45, 7) is 6.03. The molecule has 25 heavy (non-hydrogen) atoms. The zero-order chi connectivity index (χ0) is 17.5. The molecule has 0 bridgehead atoms. The van der Waals surface area contributed by atoms with Gasteiger partial charge in [0.2, 0.25) is 0 Å². The molecule has 0 aromatic carbocycles. The maximum Gasteiger partial charge on any atom is 0.194 e. The van der Waals surface area contributed by atoms with Crippen LogP contribution in [0.5, 0.6) is 0 Å². The van der Waals surface area contributed by atoms with Crippen molar-refractivity contribution in [1.29, 1.82) is 0 Å². The molecule has 0 spiro atoms. The second kappa shape index (κ2) is 8.96. The number of hydrogen-bond acceptors (Lipinski definition) is 5. The van der Waals surface area contributed by atoms with Crippen LogP contribution in [0.3, 0.4) is 0 Å². The molecule has 0 aliphatic carbocycles. The maximum atomic E-state index is 9.75. The van der Waals surface area contributed by atoms with Gasteiger partial charge in [-0.05, 0) is 24.3 Å². The summed E-state index contributed by atoms with van der Waals surface area (Å²) >= 11 is 1.72. The average molecular weight is 363 g/mol. The fraction of sp³-hybridized carbons (Fsp3) is 0.588. The lowest BCUT2D eigenvalue weighted by molar-refractivity contribution is 0.108. The van der Waals surface area contributed by atoms with Gasteiger partial charge >= 0.3 is 0 Å². The van der Waals surface area contributed by atoms with Crippen molar-refractivity contribution < 1.29 is 5.11 Å². The van der Waals surface area contributed by atoms with Crippen LogP contribution < -0.4 is 5.32 Å². The molecule has 0 unspecified atom stereocenters. The number of aryl methyl sites for hydroxylation is 1. The van der Waals surface area contributed by atoms with Crippen LogP contribution in [-0.4, -0.2) is 56.5 Å². The second-order valence-corrected chi connectivity index (χ2v) is 7.19. The molecule has 3 heterocycles. The molecule has 0 amide bonds. The monoisotopic (exact) mass is 362 g/mol. The Kier molecular flexibility index (Phi) is 6.41. The van der Waals surface area contributed by atoms with Gasteiger partial charge in [0.1, 0.15) is 12.2 Å². The predicted octanol–water partition coefficient (Wildman–Crippen LogP) is 1.50. The van der Waals surface area contributed by atoms with Crippen LogP contribution >= 0.6 is 11.3 Å². The van der Waals surface area contributed by atoms with E-state index in [2.05, 4.69) is 49.4 Å². The fourth-order valence-electron chi connectivity index (χ4n) is 2.93. The van der Waals surface area contributed by atoms with Crippen molar-refractivity contribution in [3.63, 3.8) is 0 Å². The van der Waals surface area contributed by atoms with E-state index in [1.807, 2.05) is 0 Å². The van der Waals surface area contributed by atoms with Crippen molar-refractivity contribution in [2.24, 2.45) is 4.99 Å². The highest BCUT2D eigenvalue weighted by atomic mass is 32.1. The minimum atomic E-state index is -0.182. The van der Waals surface area contributed by atoms with Gasteiger partial charge in [-0.1, -0.05) is 13.0 Å². The highest BCUT2D eigenvalue weighted by molar-refractivity contribution is 7.09. The van der Waals surface area contributed by atoms with Gasteiger partial charge in [0.05, 0.1) is 12.6 Å². The second-order valence-electron chi connectivity index (χ2n) is 6.16. The number of hydrogen-bond donors (Lipinski definition) is 2. The molecule has 1 fully saturated rings. The lowest BCUT2D eigenvalue weighted by Crippen LogP contribution is -2.47. The highest BCUT2D eigenvalue weighted by Gasteiger charge is 2.19. The summed E-state index contributed by atoms with van der Waals surface area (Å²) in [6.07, 6.45) is 4.07. The zero-order valence-electron chi connectivity index (χ0n) is 14.6. The molecule has 0 atom stereocenters. The van der Waals surface area contributed by atoms with Gasteiger partial charge in [0, 0.05) is 37.5 Å². The van der Waals surface area contributed by atoms with E-state index in [4.69, 9.17) is 4.99 Å². The lowest BCUT2D eigenvalue weighted by Gasteiger charge is -2.32. The van der Waals surface area contributed by atoms with Crippen LogP contribution in [0.4, 0.5) is 0 Å². The first-order valence-corrected chi connectivity index (χ1v) is 9.74. The van der Waals surface area contributed by atoms with E-state index in [0.29, 0.717) is 6.54 Å². The summed E-state index contributed by atoms with van der Waals surface area (Å²) in [5.74, 6) is 1.92. The number of aliphatic imine (C=N–C) groups is 1. The van der Waals surface area contributed by atoms with E-state index in [9.17, 15) is 5.11 Å². The van der Waals surface area contributed by atoms with Crippen LogP contribution in [0, 0.1) is 0 Å². The van der Waals surface area contributed by atoms with Gasteiger partial charge in [-0.25, -0.2) is 4.99 Å². The summed E-state index contributed by atoms with van der Waals surface area (Å²) in [6, 6.07) is 4.16. The predicted molar refractivity (Wildman–Crippen MR) is 99.7 cm³/mol. The molecule has 2 aromatic rings. The van der Waals surface area contributed by atoms with E-state index in [-0.39, 0.29) is 6.10 Å². The molecule has 1 aliphatic heterocycles. The lowest BCUT2D eigenvalue weighted by atomic mass is 10.1. The van der Waals surface area contributed by atoms with E-state index in [1.54, 1.807) is 17.7 Å². The fourth-order valence-corrected chi connectivity index (χ4v) is 3.56. The molecule has 2 aromatic heterocycles. The van der Waals surface area contributed by atoms with Crippen LogP contribution in [0.15, 0.2) is 28.8 Å². The quantitative estimate of drug-likeness (QED) is 0.601. The Hall–Kier alpha value is -1.93. The molecule has 1 aliphatic rings. The van der Waals surface area contributed by atoms with Gasteiger partial charge in [0.25, 0.3) is 0 Å². The van der Waals surface area contributed by atoms with Crippen molar-refractivity contribution in [1.82, 2.24) is 25.0 Å². The van der Waals surface area contributed by atoms with Crippen LogP contribution in [-0.2, 0) is 19.5 Å². The summed E-state index contributed by atoms with van der Waals surface area (Å²) in [4.78, 5) is 8.29. The number of nitrogens with zero attached hydrogens (tertiary/aromatic N) is 5. The minimum absolute atomic E-state index is 0.182. The third-order valence-corrected chi connectivity index (χ3v) is 5.24. The SMILES string of the molecule is CCc1nncn1CCNC(=NCc1cccs1)N1CCC(O)CC1.